The van der Waals surface area contributed by atoms with Crippen molar-refractivity contribution in [1.82, 2.24) is 5.43 Å². The molecule has 0 aliphatic carbocycles. The van der Waals surface area contributed by atoms with Gasteiger partial charge < -0.3 is 4.90 Å². The third-order valence-electron chi connectivity index (χ3n) is 5.51. The van der Waals surface area contributed by atoms with Crippen molar-refractivity contribution >= 4 is 33.5 Å². The summed E-state index contributed by atoms with van der Waals surface area (Å²) in [5.41, 5.74) is 8.40. The molecular weight excluding hydrogens is 448 g/mol. The molecule has 1 amide bonds. The van der Waals surface area contributed by atoms with Crippen LogP contribution in [0, 0.1) is 13.8 Å². The number of carbonyl (C=O) groups excluding carboxylic acids is 1. The highest BCUT2D eigenvalue weighted by Gasteiger charge is 2.18. The molecule has 0 aliphatic rings. The number of nitrogens with one attached hydrogen (secondary N) is 1. The fraction of sp³-hybridized carbons (Fsp3) is 0.231. The van der Waals surface area contributed by atoms with E-state index < -0.39 is 10.0 Å². The van der Waals surface area contributed by atoms with E-state index in [1.165, 1.54) is 10.6 Å². The monoisotopic (exact) mass is 478 g/mol. The van der Waals surface area contributed by atoms with Crippen molar-refractivity contribution in [3.8, 4) is 0 Å². The molecule has 0 aromatic heterocycles. The fourth-order valence-corrected chi connectivity index (χ4v) is 4.18. The summed E-state index contributed by atoms with van der Waals surface area (Å²) >= 11 is 0. The number of rotatable bonds is 8. The molecule has 0 unspecified atom stereocenters. The fourth-order valence-electron chi connectivity index (χ4n) is 3.30. The number of aryl methyl sites for hydroxylation is 2. The Bertz CT molecular complexity index is 1280. The first-order valence-corrected chi connectivity index (χ1v) is 12.6. The highest BCUT2D eigenvalue weighted by atomic mass is 32.2. The summed E-state index contributed by atoms with van der Waals surface area (Å²) in [5.74, 6) is -0.346. The van der Waals surface area contributed by atoms with Crippen LogP contribution in [0.15, 0.2) is 71.8 Å². The lowest BCUT2D eigenvalue weighted by Gasteiger charge is -2.23. The van der Waals surface area contributed by atoms with Crippen LogP contribution in [-0.2, 0) is 16.6 Å². The smallest absolute Gasteiger partial charge is 0.271 e. The van der Waals surface area contributed by atoms with Gasteiger partial charge in [0.15, 0.2) is 0 Å². The number of carbonyl (C=O) groups is 1. The largest absolute Gasteiger partial charge is 0.378 e. The average molecular weight is 479 g/mol. The van der Waals surface area contributed by atoms with Crippen molar-refractivity contribution < 1.29 is 13.2 Å². The van der Waals surface area contributed by atoms with Gasteiger partial charge in [0.2, 0.25) is 10.0 Å². The van der Waals surface area contributed by atoms with Crippen molar-refractivity contribution in [3.05, 3.63) is 94.5 Å². The van der Waals surface area contributed by atoms with Crippen molar-refractivity contribution in [2.24, 2.45) is 5.10 Å². The second-order valence-electron chi connectivity index (χ2n) is 8.42. The molecule has 34 heavy (non-hydrogen) atoms. The van der Waals surface area contributed by atoms with Gasteiger partial charge in [-0.2, -0.15) is 5.10 Å². The molecular formula is C26H30N4O3S. The van der Waals surface area contributed by atoms with Gasteiger partial charge in [0.05, 0.1) is 24.7 Å². The Morgan fingerprint density at radius 2 is 1.53 bits per heavy atom. The van der Waals surface area contributed by atoms with E-state index in [1.807, 2.05) is 69.2 Å². The Balaban J connectivity index is 1.67. The normalized spacial score (nSPS) is 11.4. The quantitative estimate of drug-likeness (QED) is 0.390. The molecule has 0 atom stereocenters. The Morgan fingerprint density at radius 3 is 2.09 bits per heavy atom. The molecule has 1 N–H and O–H groups in total. The molecule has 3 aromatic rings. The summed E-state index contributed by atoms with van der Waals surface area (Å²) in [6, 6.07) is 20.2. The molecule has 0 saturated carbocycles. The van der Waals surface area contributed by atoms with Crippen LogP contribution in [0.5, 0.6) is 0 Å². The van der Waals surface area contributed by atoms with E-state index in [1.54, 1.807) is 36.5 Å². The summed E-state index contributed by atoms with van der Waals surface area (Å²) in [6.07, 6.45) is 2.77. The van der Waals surface area contributed by atoms with Crippen LogP contribution in [0.1, 0.15) is 32.6 Å². The lowest BCUT2D eigenvalue weighted by atomic mass is 10.1. The van der Waals surface area contributed by atoms with Gasteiger partial charge in [-0.1, -0.05) is 30.3 Å². The number of hydrogen-bond acceptors (Lipinski definition) is 5. The topological polar surface area (TPSA) is 82.1 Å². The van der Waals surface area contributed by atoms with E-state index >= 15 is 0 Å². The van der Waals surface area contributed by atoms with Gasteiger partial charge in [0.1, 0.15) is 0 Å². The molecule has 7 nitrogen and oxygen atoms in total. The minimum absolute atomic E-state index is 0.171. The summed E-state index contributed by atoms with van der Waals surface area (Å²) in [7, 11) is 0.452. The second-order valence-corrected chi connectivity index (χ2v) is 10.3. The lowest BCUT2D eigenvalue weighted by molar-refractivity contribution is 0.0955. The van der Waals surface area contributed by atoms with Crippen molar-refractivity contribution in [1.29, 1.82) is 0 Å². The highest BCUT2D eigenvalue weighted by Crippen LogP contribution is 2.23. The molecule has 3 rings (SSSR count). The minimum Gasteiger partial charge on any atom is -0.378 e. The van der Waals surface area contributed by atoms with Gasteiger partial charge in [-0.15, -0.1) is 0 Å². The van der Waals surface area contributed by atoms with E-state index in [-0.39, 0.29) is 12.5 Å². The summed E-state index contributed by atoms with van der Waals surface area (Å²) in [4.78, 5) is 14.4. The number of hydrogen-bond donors (Lipinski definition) is 1. The maximum absolute atomic E-state index is 12.4. The first-order chi connectivity index (χ1) is 16.0. The van der Waals surface area contributed by atoms with Crippen LogP contribution in [-0.4, -0.2) is 40.9 Å². The number of hydrazone groups is 1. The zero-order valence-corrected chi connectivity index (χ0v) is 20.9. The van der Waals surface area contributed by atoms with Gasteiger partial charge in [0, 0.05) is 25.3 Å². The van der Waals surface area contributed by atoms with Crippen LogP contribution in [0.2, 0.25) is 0 Å². The van der Waals surface area contributed by atoms with Crippen LogP contribution in [0.4, 0.5) is 11.4 Å². The SMILES string of the molecule is Cc1ccc(N(Cc2ccc(C(=O)N/N=C/c3ccc(N(C)C)cc3)cc2)S(C)(=O)=O)cc1C. The molecule has 0 saturated heterocycles. The maximum atomic E-state index is 12.4. The average Bonchev–Trinajstić information content (AvgIpc) is 2.79. The Morgan fingerprint density at radius 1 is 0.912 bits per heavy atom. The second kappa shape index (κ2) is 10.5. The van der Waals surface area contributed by atoms with Crippen LogP contribution in [0.25, 0.3) is 0 Å². The van der Waals surface area contributed by atoms with E-state index in [9.17, 15) is 13.2 Å². The van der Waals surface area contributed by atoms with Crippen molar-refractivity contribution in [2.45, 2.75) is 20.4 Å². The van der Waals surface area contributed by atoms with E-state index in [0.29, 0.717) is 11.3 Å². The summed E-state index contributed by atoms with van der Waals surface area (Å²) in [5, 5.41) is 4.02. The van der Waals surface area contributed by atoms with Gasteiger partial charge in [-0.05, 0) is 72.5 Å². The third-order valence-corrected chi connectivity index (χ3v) is 6.65. The van der Waals surface area contributed by atoms with E-state index in [2.05, 4.69) is 10.5 Å². The standard InChI is InChI=1S/C26H30N4O3S/c1-19-6-13-25(16-20(19)2)30(34(5,32)33)18-22-7-11-23(12-8-22)26(31)28-27-17-21-9-14-24(15-10-21)29(3)4/h6-17H,18H2,1-5H3,(H,28,31)/b27-17+. The lowest BCUT2D eigenvalue weighted by Crippen LogP contribution is -2.29. The van der Waals surface area contributed by atoms with Crippen molar-refractivity contribution in [2.75, 3.05) is 29.6 Å². The molecule has 0 spiro atoms. The Kier molecular flexibility index (Phi) is 7.73. The molecule has 3 aromatic carbocycles. The predicted molar refractivity (Wildman–Crippen MR) is 139 cm³/mol. The van der Waals surface area contributed by atoms with Gasteiger partial charge in [-0.25, -0.2) is 13.8 Å². The van der Waals surface area contributed by atoms with Gasteiger partial charge >= 0.3 is 0 Å². The number of nitrogens with zero attached hydrogens (tertiary/aromatic N) is 3. The van der Waals surface area contributed by atoms with Gasteiger partial charge in [-0.3, -0.25) is 9.10 Å². The zero-order chi connectivity index (χ0) is 24.9. The number of benzene rings is 3. The summed E-state index contributed by atoms with van der Waals surface area (Å²) < 4.78 is 26.2. The highest BCUT2D eigenvalue weighted by molar-refractivity contribution is 7.92. The van der Waals surface area contributed by atoms with E-state index in [0.717, 1.165) is 27.9 Å². The van der Waals surface area contributed by atoms with Crippen LogP contribution >= 0.6 is 0 Å². The Hall–Kier alpha value is -3.65. The first kappa shape index (κ1) is 25.0. The number of anilines is 2. The third kappa shape index (κ3) is 6.45. The molecule has 0 aliphatic heterocycles. The maximum Gasteiger partial charge on any atom is 0.271 e. The first-order valence-electron chi connectivity index (χ1n) is 10.8. The van der Waals surface area contributed by atoms with E-state index in [4.69, 9.17) is 0 Å². The molecule has 8 heteroatoms. The molecule has 0 fully saturated rings. The predicted octanol–water partition coefficient (Wildman–Crippen LogP) is 4.10. The molecule has 0 radical (unpaired) electrons. The van der Waals surface area contributed by atoms with Gasteiger partial charge in [0.25, 0.3) is 5.91 Å². The molecule has 0 heterocycles. The Labute approximate surface area is 201 Å². The number of amides is 1. The van der Waals surface area contributed by atoms with Crippen LogP contribution < -0.4 is 14.6 Å². The minimum atomic E-state index is -3.49. The molecule has 0 bridgehead atoms. The summed E-state index contributed by atoms with van der Waals surface area (Å²) in [6.45, 7) is 4.11. The molecule has 178 valence electrons. The zero-order valence-electron chi connectivity index (χ0n) is 20.1. The van der Waals surface area contributed by atoms with Crippen molar-refractivity contribution in [3.63, 3.8) is 0 Å². The van der Waals surface area contributed by atoms with Crippen LogP contribution in [0.3, 0.4) is 0 Å². The number of sulfonamides is 1.